The molecule has 140 valence electrons. The Morgan fingerprint density at radius 3 is 2.67 bits per heavy atom. The van der Waals surface area contributed by atoms with Gasteiger partial charge in [-0.25, -0.2) is 9.18 Å². The highest BCUT2D eigenvalue weighted by Gasteiger charge is 2.11. The number of rotatable bonds is 7. The third-order valence-corrected chi connectivity index (χ3v) is 3.69. The second-order valence-corrected chi connectivity index (χ2v) is 5.66. The second-order valence-electron chi connectivity index (χ2n) is 5.66. The van der Waals surface area contributed by atoms with Gasteiger partial charge in [0.15, 0.2) is 0 Å². The molecule has 0 saturated heterocycles. The molecule has 0 aliphatic carbocycles. The molecular formula is C19H18FN3O4. The minimum absolute atomic E-state index is 0.0687. The summed E-state index contributed by atoms with van der Waals surface area (Å²) < 4.78 is 18.8. The lowest BCUT2D eigenvalue weighted by Gasteiger charge is -2.13. The molecule has 7 nitrogen and oxygen atoms in total. The zero-order valence-corrected chi connectivity index (χ0v) is 14.6. The summed E-state index contributed by atoms with van der Waals surface area (Å²) in [5, 5.41) is 22.5. The molecule has 0 bridgehead atoms. The summed E-state index contributed by atoms with van der Waals surface area (Å²) in [6, 6.07) is 10.8. The van der Waals surface area contributed by atoms with Crippen molar-refractivity contribution in [2.24, 2.45) is 0 Å². The third kappa shape index (κ3) is 5.71. The molecule has 0 aliphatic heterocycles. The molecule has 0 saturated carbocycles. The summed E-state index contributed by atoms with van der Waals surface area (Å²) in [6.07, 6.45) is -1.16. The maximum Gasteiger partial charge on any atom is 0.404 e. The number of carboxylic acid groups (broad SMARTS) is 1. The highest BCUT2D eigenvalue weighted by Crippen LogP contribution is 2.20. The van der Waals surface area contributed by atoms with Gasteiger partial charge in [0.25, 0.3) is 5.91 Å². The van der Waals surface area contributed by atoms with Gasteiger partial charge in [-0.05, 0) is 42.8 Å². The molecule has 0 spiro atoms. The van der Waals surface area contributed by atoms with Gasteiger partial charge in [0, 0.05) is 17.7 Å². The van der Waals surface area contributed by atoms with Gasteiger partial charge in [0.1, 0.15) is 18.2 Å². The fourth-order valence-electron chi connectivity index (χ4n) is 2.29. The van der Waals surface area contributed by atoms with E-state index in [0.717, 1.165) is 0 Å². The van der Waals surface area contributed by atoms with Crippen LogP contribution < -0.4 is 15.4 Å². The number of benzene rings is 2. The number of carbonyl (C=O) groups is 2. The first kappa shape index (κ1) is 19.7. The first-order valence-corrected chi connectivity index (χ1v) is 8.07. The van der Waals surface area contributed by atoms with Crippen LogP contribution >= 0.6 is 0 Å². The van der Waals surface area contributed by atoms with Crippen LogP contribution in [0.2, 0.25) is 0 Å². The molecule has 27 heavy (non-hydrogen) atoms. The largest absolute Gasteiger partial charge is 0.491 e. The van der Waals surface area contributed by atoms with Gasteiger partial charge in [-0.2, -0.15) is 5.26 Å². The molecule has 0 fully saturated rings. The van der Waals surface area contributed by atoms with Crippen LogP contribution in [0.25, 0.3) is 0 Å². The molecule has 8 heteroatoms. The minimum Gasteiger partial charge on any atom is -0.491 e. The van der Waals surface area contributed by atoms with Crippen molar-refractivity contribution in [2.75, 3.05) is 13.2 Å². The minimum atomic E-state index is -1.16. The van der Waals surface area contributed by atoms with E-state index in [0.29, 0.717) is 28.0 Å². The molecule has 0 unspecified atom stereocenters. The summed E-state index contributed by atoms with van der Waals surface area (Å²) in [4.78, 5) is 22.7. The number of amides is 2. The maximum absolute atomic E-state index is 13.3. The molecule has 0 atom stereocenters. The van der Waals surface area contributed by atoms with Crippen molar-refractivity contribution in [1.29, 1.82) is 5.26 Å². The Bertz CT molecular complexity index is 893. The fraction of sp³-hybridized carbons (Fsp3) is 0.211. The number of nitriles is 1. The Morgan fingerprint density at radius 2 is 2.00 bits per heavy atom. The first-order chi connectivity index (χ1) is 12.9. The van der Waals surface area contributed by atoms with Crippen LogP contribution in [0.15, 0.2) is 36.4 Å². The van der Waals surface area contributed by atoms with E-state index in [1.165, 1.54) is 24.3 Å². The van der Waals surface area contributed by atoms with Crippen molar-refractivity contribution in [3.05, 3.63) is 64.5 Å². The van der Waals surface area contributed by atoms with E-state index in [4.69, 9.17) is 15.1 Å². The summed E-state index contributed by atoms with van der Waals surface area (Å²) in [6.45, 7) is 1.85. The lowest BCUT2D eigenvalue weighted by molar-refractivity contribution is 0.0950. The van der Waals surface area contributed by atoms with Crippen LogP contribution in [0.4, 0.5) is 9.18 Å². The van der Waals surface area contributed by atoms with Crippen molar-refractivity contribution < 1.29 is 23.8 Å². The smallest absolute Gasteiger partial charge is 0.404 e. The molecule has 0 aromatic heterocycles. The molecule has 0 heterocycles. The molecule has 2 rings (SSSR count). The van der Waals surface area contributed by atoms with E-state index in [-0.39, 0.29) is 31.4 Å². The van der Waals surface area contributed by atoms with Gasteiger partial charge < -0.3 is 20.5 Å². The van der Waals surface area contributed by atoms with E-state index in [1.807, 2.05) is 6.07 Å². The molecule has 0 aliphatic rings. The topological polar surface area (TPSA) is 111 Å². The van der Waals surface area contributed by atoms with Crippen molar-refractivity contribution in [3.8, 4) is 11.8 Å². The van der Waals surface area contributed by atoms with Crippen molar-refractivity contribution in [2.45, 2.75) is 13.5 Å². The highest BCUT2D eigenvalue weighted by molar-refractivity contribution is 5.94. The number of hydrogen-bond donors (Lipinski definition) is 3. The Balaban J connectivity index is 2.05. The summed E-state index contributed by atoms with van der Waals surface area (Å²) >= 11 is 0. The fourth-order valence-corrected chi connectivity index (χ4v) is 2.29. The quantitative estimate of drug-likeness (QED) is 0.648. The summed E-state index contributed by atoms with van der Waals surface area (Å²) in [5.41, 5.74) is 1.70. The predicted octanol–water partition coefficient (Wildman–Crippen LogP) is 2.58. The Kier molecular flexibility index (Phi) is 6.72. The number of nitrogens with one attached hydrogen (secondary N) is 2. The number of hydrogen-bond acceptors (Lipinski definition) is 4. The number of halogens is 1. The molecule has 3 N–H and O–H groups in total. The summed E-state index contributed by atoms with van der Waals surface area (Å²) in [5.74, 6) is -0.387. The Hall–Kier alpha value is -3.60. The van der Waals surface area contributed by atoms with E-state index in [1.54, 1.807) is 19.1 Å². The number of aryl methyl sites for hydroxylation is 1. The number of carbonyl (C=O) groups excluding carboxylic acids is 1. The van der Waals surface area contributed by atoms with Crippen LogP contribution in [-0.2, 0) is 6.54 Å². The molecule has 0 radical (unpaired) electrons. The van der Waals surface area contributed by atoms with Gasteiger partial charge in [-0.1, -0.05) is 6.07 Å². The van der Waals surface area contributed by atoms with Gasteiger partial charge in [0.05, 0.1) is 18.2 Å². The molecular weight excluding hydrogens is 353 g/mol. The second kappa shape index (κ2) is 9.20. The van der Waals surface area contributed by atoms with Crippen molar-refractivity contribution in [1.82, 2.24) is 10.6 Å². The van der Waals surface area contributed by atoms with E-state index in [2.05, 4.69) is 10.6 Å². The first-order valence-electron chi connectivity index (χ1n) is 8.07. The van der Waals surface area contributed by atoms with Gasteiger partial charge in [-0.3, -0.25) is 4.79 Å². The van der Waals surface area contributed by atoms with Gasteiger partial charge in [0.2, 0.25) is 0 Å². The number of ether oxygens (including phenoxy) is 1. The summed E-state index contributed by atoms with van der Waals surface area (Å²) in [7, 11) is 0. The van der Waals surface area contributed by atoms with E-state index < -0.39 is 6.09 Å². The average molecular weight is 371 g/mol. The van der Waals surface area contributed by atoms with E-state index in [9.17, 15) is 14.0 Å². The van der Waals surface area contributed by atoms with Gasteiger partial charge >= 0.3 is 6.09 Å². The van der Waals surface area contributed by atoms with Crippen LogP contribution in [-0.4, -0.2) is 30.3 Å². The van der Waals surface area contributed by atoms with Crippen LogP contribution in [0.3, 0.4) is 0 Å². The SMILES string of the molecule is Cc1cc(C(=O)NCc2ccc(C#N)cc2OCCNC(=O)O)ccc1F. The molecule has 2 aromatic rings. The standard InChI is InChI=1S/C19H18FN3O4/c1-12-8-14(4-5-16(12)20)18(24)23-11-15-3-2-13(10-21)9-17(15)27-7-6-22-19(25)26/h2-5,8-9,22H,6-7,11H2,1H3,(H,23,24)(H,25,26). The average Bonchev–Trinajstić information content (AvgIpc) is 2.65. The Labute approximate surface area is 155 Å². The molecule has 2 amide bonds. The normalized spacial score (nSPS) is 9.96. The zero-order chi connectivity index (χ0) is 19.8. The van der Waals surface area contributed by atoms with Crippen molar-refractivity contribution in [3.63, 3.8) is 0 Å². The Morgan fingerprint density at radius 1 is 1.22 bits per heavy atom. The van der Waals surface area contributed by atoms with Crippen molar-refractivity contribution >= 4 is 12.0 Å². The predicted molar refractivity (Wildman–Crippen MR) is 95.0 cm³/mol. The van der Waals surface area contributed by atoms with Crippen LogP contribution in [0.1, 0.15) is 27.0 Å². The lowest BCUT2D eigenvalue weighted by Crippen LogP contribution is -2.26. The van der Waals surface area contributed by atoms with Crippen LogP contribution in [0.5, 0.6) is 5.75 Å². The number of nitrogens with zero attached hydrogens (tertiary/aromatic N) is 1. The zero-order valence-electron chi connectivity index (χ0n) is 14.6. The third-order valence-electron chi connectivity index (χ3n) is 3.69. The monoisotopic (exact) mass is 371 g/mol. The van der Waals surface area contributed by atoms with Crippen LogP contribution in [0, 0.1) is 24.1 Å². The molecule has 2 aromatic carbocycles. The lowest BCUT2D eigenvalue weighted by atomic mass is 10.1. The van der Waals surface area contributed by atoms with Gasteiger partial charge in [-0.15, -0.1) is 0 Å². The highest BCUT2D eigenvalue weighted by atomic mass is 19.1. The van der Waals surface area contributed by atoms with E-state index >= 15 is 0 Å². The maximum atomic E-state index is 13.3.